The average Bonchev–Trinajstić information content (AvgIpc) is 3.04. The molecule has 0 saturated heterocycles. The van der Waals surface area contributed by atoms with Crippen LogP contribution in [-0.2, 0) is 4.79 Å². The van der Waals surface area contributed by atoms with Gasteiger partial charge in [0.05, 0.1) is 5.75 Å². The van der Waals surface area contributed by atoms with Crippen LogP contribution in [0.15, 0.2) is 53.7 Å². The largest absolute Gasteiger partial charge is 0.351 e. The molecule has 3 rings (SSSR count). The van der Waals surface area contributed by atoms with Crippen LogP contribution >= 0.6 is 11.8 Å². The molecule has 2 aromatic carbocycles. The molecule has 1 heterocycles. The first kappa shape index (κ1) is 18.5. The Morgan fingerprint density at radius 3 is 2.19 bits per heavy atom. The van der Waals surface area contributed by atoms with Gasteiger partial charge in [-0.1, -0.05) is 11.8 Å². The SMILES string of the molecule is NC(=O)NC(=O)CSc1nnc(-c2ccc(F)cc2)n1-c1ccc(F)cc1. The Bertz CT molecular complexity index is 974. The summed E-state index contributed by atoms with van der Waals surface area (Å²) < 4.78 is 28.1. The van der Waals surface area contributed by atoms with Crippen molar-refractivity contribution < 1.29 is 18.4 Å². The van der Waals surface area contributed by atoms with Crippen LogP contribution in [0.2, 0.25) is 0 Å². The summed E-state index contributed by atoms with van der Waals surface area (Å²) in [7, 11) is 0. The number of nitrogens with two attached hydrogens (primary N) is 1. The second-order valence-electron chi connectivity index (χ2n) is 5.33. The van der Waals surface area contributed by atoms with Gasteiger partial charge in [-0.15, -0.1) is 10.2 Å². The molecule has 0 aliphatic heterocycles. The van der Waals surface area contributed by atoms with E-state index in [-0.39, 0.29) is 5.75 Å². The van der Waals surface area contributed by atoms with Gasteiger partial charge in [0.15, 0.2) is 11.0 Å². The molecular formula is C17H13F2N5O2S. The van der Waals surface area contributed by atoms with E-state index in [1.165, 1.54) is 48.5 Å². The summed E-state index contributed by atoms with van der Waals surface area (Å²) in [6.07, 6.45) is 0. The highest BCUT2D eigenvalue weighted by Crippen LogP contribution is 2.28. The van der Waals surface area contributed by atoms with Gasteiger partial charge >= 0.3 is 6.03 Å². The van der Waals surface area contributed by atoms with Gasteiger partial charge in [0.1, 0.15) is 11.6 Å². The van der Waals surface area contributed by atoms with Crippen molar-refractivity contribution in [2.45, 2.75) is 5.16 Å². The van der Waals surface area contributed by atoms with E-state index in [1.807, 2.05) is 5.32 Å². The molecule has 0 bridgehead atoms. The number of carbonyl (C=O) groups excluding carboxylic acids is 2. The van der Waals surface area contributed by atoms with Crippen molar-refractivity contribution in [3.63, 3.8) is 0 Å². The fraction of sp³-hybridized carbons (Fsp3) is 0.0588. The zero-order valence-corrected chi connectivity index (χ0v) is 14.5. The number of primary amides is 1. The minimum Gasteiger partial charge on any atom is -0.351 e. The summed E-state index contributed by atoms with van der Waals surface area (Å²) in [5.41, 5.74) is 6.05. The molecule has 0 fully saturated rings. The van der Waals surface area contributed by atoms with E-state index < -0.39 is 23.6 Å². The Balaban J connectivity index is 1.98. The van der Waals surface area contributed by atoms with Crippen molar-refractivity contribution in [1.29, 1.82) is 0 Å². The maximum atomic E-state index is 13.3. The van der Waals surface area contributed by atoms with E-state index >= 15 is 0 Å². The third-order valence-electron chi connectivity index (χ3n) is 3.42. The van der Waals surface area contributed by atoms with Crippen molar-refractivity contribution in [3.8, 4) is 17.1 Å². The molecule has 0 aliphatic carbocycles. The minimum absolute atomic E-state index is 0.133. The maximum absolute atomic E-state index is 13.3. The average molecular weight is 389 g/mol. The van der Waals surface area contributed by atoms with Crippen LogP contribution in [0, 0.1) is 11.6 Å². The van der Waals surface area contributed by atoms with E-state index in [9.17, 15) is 18.4 Å². The monoisotopic (exact) mass is 389 g/mol. The van der Waals surface area contributed by atoms with Gasteiger partial charge in [0.2, 0.25) is 5.91 Å². The molecule has 27 heavy (non-hydrogen) atoms. The molecule has 7 nitrogen and oxygen atoms in total. The summed E-state index contributed by atoms with van der Waals surface area (Å²) in [4.78, 5) is 22.4. The van der Waals surface area contributed by atoms with Crippen molar-refractivity contribution in [1.82, 2.24) is 20.1 Å². The summed E-state index contributed by atoms with van der Waals surface area (Å²) in [6.45, 7) is 0. The fourth-order valence-electron chi connectivity index (χ4n) is 2.28. The Morgan fingerprint density at radius 1 is 1.00 bits per heavy atom. The third kappa shape index (κ3) is 4.47. The normalized spacial score (nSPS) is 10.6. The first-order valence-electron chi connectivity index (χ1n) is 7.63. The van der Waals surface area contributed by atoms with Gasteiger partial charge in [-0.3, -0.25) is 14.7 Å². The van der Waals surface area contributed by atoms with E-state index in [1.54, 1.807) is 4.57 Å². The standard InChI is InChI=1S/C17H13F2N5O2S/c18-11-3-1-10(2-4-11)15-22-23-17(27-9-14(25)21-16(20)26)24(15)13-7-5-12(19)6-8-13/h1-8H,9H2,(H3,20,21,25,26). The number of benzene rings is 2. The zero-order valence-electron chi connectivity index (χ0n) is 13.7. The number of amides is 3. The van der Waals surface area contributed by atoms with E-state index in [0.29, 0.717) is 22.2 Å². The molecule has 1 aromatic heterocycles. The highest BCUT2D eigenvalue weighted by atomic mass is 32.2. The van der Waals surface area contributed by atoms with Crippen LogP contribution in [-0.4, -0.2) is 32.5 Å². The molecule has 138 valence electrons. The van der Waals surface area contributed by atoms with Gasteiger partial charge < -0.3 is 5.73 Å². The van der Waals surface area contributed by atoms with Gasteiger partial charge in [0, 0.05) is 11.3 Å². The number of thioether (sulfide) groups is 1. The second-order valence-corrected chi connectivity index (χ2v) is 6.27. The van der Waals surface area contributed by atoms with Crippen LogP contribution in [0.25, 0.3) is 17.1 Å². The number of nitrogens with zero attached hydrogens (tertiary/aromatic N) is 3. The lowest BCUT2D eigenvalue weighted by molar-refractivity contribution is -0.117. The van der Waals surface area contributed by atoms with Crippen molar-refractivity contribution in [2.24, 2.45) is 5.73 Å². The minimum atomic E-state index is -0.951. The molecule has 3 amide bonds. The molecule has 0 atom stereocenters. The molecule has 0 unspecified atom stereocenters. The van der Waals surface area contributed by atoms with Crippen LogP contribution in [0.5, 0.6) is 0 Å². The summed E-state index contributed by atoms with van der Waals surface area (Å²) in [5.74, 6) is -1.15. The first-order valence-corrected chi connectivity index (χ1v) is 8.62. The summed E-state index contributed by atoms with van der Waals surface area (Å²) in [5, 5.41) is 10.5. The van der Waals surface area contributed by atoms with E-state index in [4.69, 9.17) is 5.73 Å². The van der Waals surface area contributed by atoms with Crippen molar-refractivity contribution in [3.05, 3.63) is 60.2 Å². The molecule has 3 N–H and O–H groups in total. The number of aromatic nitrogens is 3. The smallest absolute Gasteiger partial charge is 0.318 e. The second kappa shape index (κ2) is 7.96. The van der Waals surface area contributed by atoms with E-state index in [2.05, 4.69) is 10.2 Å². The number of nitrogens with one attached hydrogen (secondary N) is 1. The molecule has 10 heteroatoms. The number of hydrogen-bond donors (Lipinski definition) is 2. The number of urea groups is 1. The first-order chi connectivity index (χ1) is 12.9. The van der Waals surface area contributed by atoms with Gasteiger partial charge in [-0.2, -0.15) is 0 Å². The highest BCUT2D eigenvalue weighted by molar-refractivity contribution is 7.99. The number of carbonyl (C=O) groups is 2. The zero-order chi connectivity index (χ0) is 19.4. The quantitative estimate of drug-likeness (QED) is 0.653. The van der Waals surface area contributed by atoms with Gasteiger partial charge in [0.25, 0.3) is 0 Å². The summed E-state index contributed by atoms with van der Waals surface area (Å²) >= 11 is 1.02. The van der Waals surface area contributed by atoms with Gasteiger partial charge in [-0.05, 0) is 48.5 Å². The van der Waals surface area contributed by atoms with Crippen molar-refractivity contribution in [2.75, 3.05) is 5.75 Å². The van der Waals surface area contributed by atoms with Gasteiger partial charge in [-0.25, -0.2) is 13.6 Å². The Morgan fingerprint density at radius 2 is 1.59 bits per heavy atom. The van der Waals surface area contributed by atoms with Crippen LogP contribution in [0.3, 0.4) is 0 Å². The Labute approximate surface area is 156 Å². The topological polar surface area (TPSA) is 103 Å². The van der Waals surface area contributed by atoms with Crippen LogP contribution < -0.4 is 11.1 Å². The maximum Gasteiger partial charge on any atom is 0.318 e. The summed E-state index contributed by atoms with van der Waals surface area (Å²) in [6, 6.07) is 10.3. The molecule has 0 spiro atoms. The number of halogens is 2. The predicted octanol–water partition coefficient (Wildman–Crippen LogP) is 2.50. The molecular weight excluding hydrogens is 376 g/mol. The molecule has 0 aliphatic rings. The number of rotatable bonds is 5. The molecule has 0 saturated carbocycles. The molecule has 0 radical (unpaired) electrons. The predicted molar refractivity (Wildman–Crippen MR) is 95.2 cm³/mol. The van der Waals surface area contributed by atoms with Crippen LogP contribution in [0.1, 0.15) is 0 Å². The number of hydrogen-bond acceptors (Lipinski definition) is 5. The fourth-order valence-corrected chi connectivity index (χ4v) is 3.03. The lowest BCUT2D eigenvalue weighted by Crippen LogP contribution is -2.36. The Hall–Kier alpha value is -3.27. The lowest BCUT2D eigenvalue weighted by Gasteiger charge is -2.10. The highest BCUT2D eigenvalue weighted by Gasteiger charge is 2.18. The molecule has 3 aromatic rings. The third-order valence-corrected chi connectivity index (χ3v) is 4.34. The Kier molecular flexibility index (Phi) is 5.46. The number of imide groups is 1. The van der Waals surface area contributed by atoms with E-state index in [0.717, 1.165) is 11.8 Å². The van der Waals surface area contributed by atoms with Crippen LogP contribution in [0.4, 0.5) is 13.6 Å². The lowest BCUT2D eigenvalue weighted by atomic mass is 10.2. The van der Waals surface area contributed by atoms with Crippen molar-refractivity contribution >= 4 is 23.7 Å².